The largest absolute Gasteiger partial charge is 0.482 e. The Bertz CT molecular complexity index is 90.1. The van der Waals surface area contributed by atoms with Gasteiger partial charge in [0.25, 0.3) is 0 Å². The van der Waals surface area contributed by atoms with Crippen LogP contribution in [0.25, 0.3) is 0 Å². The fourth-order valence-electron chi connectivity index (χ4n) is 0.594. The van der Waals surface area contributed by atoms with Gasteiger partial charge in [0.2, 0.25) is 0 Å². The average molecular weight is 99.1 g/mol. The van der Waals surface area contributed by atoms with Gasteiger partial charge in [-0.3, -0.25) is 4.90 Å². The summed E-state index contributed by atoms with van der Waals surface area (Å²) < 4.78 is 5.00. The minimum absolute atomic E-state index is 0.707. The maximum Gasteiger partial charge on any atom is 0.141 e. The molecule has 0 unspecified atom stereocenters. The van der Waals surface area contributed by atoms with Gasteiger partial charge in [-0.25, -0.2) is 0 Å². The highest BCUT2D eigenvalue weighted by Crippen LogP contribution is 2.04. The summed E-state index contributed by atoms with van der Waals surface area (Å²) >= 11 is 0. The molecule has 0 radical (unpaired) electrons. The van der Waals surface area contributed by atoms with E-state index in [1.54, 1.807) is 0 Å². The SMILES string of the molecule is C=C1CN(C)CO1. The van der Waals surface area contributed by atoms with E-state index in [0.29, 0.717) is 6.73 Å². The fourth-order valence-corrected chi connectivity index (χ4v) is 0.594. The van der Waals surface area contributed by atoms with Crippen LogP contribution < -0.4 is 0 Å². The molecule has 0 spiro atoms. The molecule has 0 amide bonds. The van der Waals surface area contributed by atoms with Crippen molar-refractivity contribution in [3.05, 3.63) is 12.3 Å². The lowest BCUT2D eigenvalue weighted by Crippen LogP contribution is -2.11. The van der Waals surface area contributed by atoms with Gasteiger partial charge in [0.05, 0.1) is 6.54 Å². The number of likely N-dealkylation sites (N-methyl/N-ethyl adjacent to an activating group) is 1. The van der Waals surface area contributed by atoms with Crippen LogP contribution in [0.2, 0.25) is 0 Å². The maximum atomic E-state index is 5.00. The van der Waals surface area contributed by atoms with Crippen LogP contribution in [-0.4, -0.2) is 25.2 Å². The molecule has 1 aliphatic rings. The molecule has 0 aliphatic carbocycles. The lowest BCUT2D eigenvalue weighted by atomic mass is 10.6. The van der Waals surface area contributed by atoms with Crippen LogP contribution in [0.5, 0.6) is 0 Å². The molecule has 1 saturated heterocycles. The van der Waals surface area contributed by atoms with Gasteiger partial charge in [-0.1, -0.05) is 6.58 Å². The minimum atomic E-state index is 0.707. The van der Waals surface area contributed by atoms with E-state index in [1.165, 1.54) is 0 Å². The number of rotatable bonds is 0. The Kier molecular flexibility index (Phi) is 1.02. The minimum Gasteiger partial charge on any atom is -0.482 e. The fraction of sp³-hybridized carbons (Fsp3) is 0.600. The highest BCUT2D eigenvalue weighted by Gasteiger charge is 2.08. The van der Waals surface area contributed by atoms with Crippen molar-refractivity contribution in [3.8, 4) is 0 Å². The first kappa shape index (κ1) is 4.65. The van der Waals surface area contributed by atoms with Crippen LogP contribution in [0.4, 0.5) is 0 Å². The molecule has 2 nitrogen and oxygen atoms in total. The zero-order valence-electron chi connectivity index (χ0n) is 4.48. The van der Waals surface area contributed by atoms with Gasteiger partial charge < -0.3 is 4.74 Å². The zero-order valence-corrected chi connectivity index (χ0v) is 4.48. The third-order valence-electron chi connectivity index (χ3n) is 0.935. The van der Waals surface area contributed by atoms with E-state index in [1.807, 2.05) is 7.05 Å². The lowest BCUT2D eigenvalue weighted by Gasteiger charge is -1.97. The molecule has 0 aromatic rings. The molecule has 1 heterocycles. The second kappa shape index (κ2) is 1.54. The van der Waals surface area contributed by atoms with Crippen molar-refractivity contribution in [2.24, 2.45) is 0 Å². The normalized spacial score (nSPS) is 22.7. The number of nitrogens with zero attached hydrogens (tertiary/aromatic N) is 1. The number of ether oxygens (including phenoxy) is 1. The van der Waals surface area contributed by atoms with Crippen molar-refractivity contribution in [1.29, 1.82) is 0 Å². The first-order valence-corrected chi connectivity index (χ1v) is 2.28. The van der Waals surface area contributed by atoms with Gasteiger partial charge in [0.15, 0.2) is 0 Å². The van der Waals surface area contributed by atoms with Gasteiger partial charge in [-0.05, 0) is 7.05 Å². The van der Waals surface area contributed by atoms with E-state index < -0.39 is 0 Å². The predicted molar refractivity (Wildman–Crippen MR) is 27.7 cm³/mol. The van der Waals surface area contributed by atoms with Gasteiger partial charge in [-0.15, -0.1) is 0 Å². The van der Waals surface area contributed by atoms with Gasteiger partial charge in [-0.2, -0.15) is 0 Å². The van der Waals surface area contributed by atoms with E-state index in [2.05, 4.69) is 11.5 Å². The Morgan fingerprint density at radius 3 is 2.71 bits per heavy atom. The lowest BCUT2D eigenvalue weighted by molar-refractivity contribution is 0.190. The second-order valence-electron chi connectivity index (χ2n) is 1.83. The molecule has 0 bridgehead atoms. The van der Waals surface area contributed by atoms with Crippen LogP contribution in [-0.2, 0) is 4.74 Å². The van der Waals surface area contributed by atoms with Crippen molar-refractivity contribution in [2.45, 2.75) is 0 Å². The molecular formula is C5H9NO. The summed E-state index contributed by atoms with van der Waals surface area (Å²) in [6.07, 6.45) is 0. The molecule has 1 rings (SSSR count). The number of hydrogen-bond donors (Lipinski definition) is 0. The Morgan fingerprint density at radius 1 is 1.86 bits per heavy atom. The second-order valence-corrected chi connectivity index (χ2v) is 1.83. The monoisotopic (exact) mass is 99.1 g/mol. The Hall–Kier alpha value is -0.500. The van der Waals surface area contributed by atoms with Crippen molar-refractivity contribution in [3.63, 3.8) is 0 Å². The van der Waals surface area contributed by atoms with E-state index in [9.17, 15) is 0 Å². The van der Waals surface area contributed by atoms with Crippen LogP contribution >= 0.6 is 0 Å². The van der Waals surface area contributed by atoms with Crippen molar-refractivity contribution >= 4 is 0 Å². The Morgan fingerprint density at radius 2 is 2.57 bits per heavy atom. The topological polar surface area (TPSA) is 12.5 Å². The molecule has 2 heteroatoms. The van der Waals surface area contributed by atoms with Crippen LogP contribution in [0.15, 0.2) is 12.3 Å². The molecular weight excluding hydrogens is 90.1 g/mol. The molecule has 0 N–H and O–H groups in total. The van der Waals surface area contributed by atoms with E-state index in [0.717, 1.165) is 12.3 Å². The van der Waals surface area contributed by atoms with Crippen LogP contribution in [0, 0.1) is 0 Å². The molecule has 7 heavy (non-hydrogen) atoms. The summed E-state index contributed by atoms with van der Waals surface area (Å²) in [6.45, 7) is 5.24. The first-order valence-electron chi connectivity index (χ1n) is 2.28. The summed E-state index contributed by atoms with van der Waals surface area (Å²) in [4.78, 5) is 2.06. The maximum absolute atomic E-state index is 5.00. The third-order valence-corrected chi connectivity index (χ3v) is 0.935. The summed E-state index contributed by atoms with van der Waals surface area (Å²) in [7, 11) is 2.00. The summed E-state index contributed by atoms with van der Waals surface area (Å²) in [5.74, 6) is 0.877. The Labute approximate surface area is 43.4 Å². The van der Waals surface area contributed by atoms with E-state index in [-0.39, 0.29) is 0 Å². The van der Waals surface area contributed by atoms with Gasteiger partial charge >= 0.3 is 0 Å². The first-order chi connectivity index (χ1) is 3.29. The number of hydrogen-bond acceptors (Lipinski definition) is 2. The Balaban J connectivity index is 2.40. The average Bonchev–Trinajstić information content (AvgIpc) is 1.87. The molecule has 0 atom stereocenters. The summed E-state index contributed by atoms with van der Waals surface area (Å²) in [6, 6.07) is 0. The summed E-state index contributed by atoms with van der Waals surface area (Å²) in [5, 5.41) is 0. The molecule has 40 valence electrons. The van der Waals surface area contributed by atoms with Gasteiger partial charge in [0, 0.05) is 0 Å². The van der Waals surface area contributed by atoms with Gasteiger partial charge in [0.1, 0.15) is 12.5 Å². The predicted octanol–water partition coefficient (Wildman–Crippen LogP) is 0.420. The van der Waals surface area contributed by atoms with Crippen molar-refractivity contribution in [2.75, 3.05) is 20.3 Å². The molecule has 0 aromatic carbocycles. The van der Waals surface area contributed by atoms with E-state index in [4.69, 9.17) is 4.74 Å². The molecule has 1 fully saturated rings. The van der Waals surface area contributed by atoms with E-state index >= 15 is 0 Å². The molecule has 0 saturated carbocycles. The summed E-state index contributed by atoms with van der Waals surface area (Å²) in [5.41, 5.74) is 0. The zero-order chi connectivity index (χ0) is 5.28. The standard InChI is InChI=1S/C5H9NO/c1-5-3-6(2)4-7-5/h1,3-4H2,2H3. The van der Waals surface area contributed by atoms with Crippen LogP contribution in [0.1, 0.15) is 0 Å². The highest BCUT2D eigenvalue weighted by atomic mass is 16.5. The quantitative estimate of drug-likeness (QED) is 0.436. The highest BCUT2D eigenvalue weighted by molar-refractivity contribution is 4.89. The molecule has 1 aliphatic heterocycles. The third kappa shape index (κ3) is 0.933. The smallest absolute Gasteiger partial charge is 0.141 e. The van der Waals surface area contributed by atoms with Crippen LogP contribution in [0.3, 0.4) is 0 Å². The van der Waals surface area contributed by atoms with Crippen molar-refractivity contribution in [1.82, 2.24) is 4.90 Å². The molecule has 0 aromatic heterocycles. The van der Waals surface area contributed by atoms with Crippen molar-refractivity contribution < 1.29 is 4.74 Å².